The number of benzene rings is 1. The minimum absolute atomic E-state index is 0.132. The Bertz CT molecular complexity index is 644. The van der Waals surface area contributed by atoms with E-state index in [9.17, 15) is 4.79 Å². The van der Waals surface area contributed by atoms with E-state index >= 15 is 0 Å². The van der Waals surface area contributed by atoms with E-state index in [4.69, 9.17) is 4.42 Å². The molecule has 0 saturated carbocycles. The van der Waals surface area contributed by atoms with Crippen LogP contribution in [0.5, 0.6) is 0 Å². The average Bonchev–Trinajstić information content (AvgIpc) is 2.82. The Kier molecular flexibility index (Phi) is 4.46. The molecule has 0 radical (unpaired) electrons. The van der Waals surface area contributed by atoms with E-state index in [1.54, 1.807) is 11.8 Å². The Morgan fingerprint density at radius 2 is 2.05 bits per heavy atom. The molecular formula is C17H22N2O2. The number of carbonyl (C=O) groups is 1. The van der Waals surface area contributed by atoms with Crippen LogP contribution in [0.25, 0.3) is 0 Å². The molecule has 0 spiro atoms. The number of aryl methyl sites for hydroxylation is 2. The molecule has 21 heavy (non-hydrogen) atoms. The minimum Gasteiger partial charge on any atom is -0.436 e. The van der Waals surface area contributed by atoms with Crippen molar-refractivity contribution < 1.29 is 9.21 Å². The fraction of sp³-hybridized carbons (Fsp3) is 0.412. The molecule has 1 amide bonds. The van der Waals surface area contributed by atoms with Gasteiger partial charge in [-0.05, 0) is 37.5 Å². The second-order valence-corrected chi connectivity index (χ2v) is 5.49. The van der Waals surface area contributed by atoms with Crippen molar-refractivity contribution in [1.29, 1.82) is 0 Å². The van der Waals surface area contributed by atoms with Crippen molar-refractivity contribution >= 4 is 11.6 Å². The largest absolute Gasteiger partial charge is 0.436 e. The molecule has 4 heteroatoms. The Morgan fingerprint density at radius 3 is 2.62 bits per heavy atom. The van der Waals surface area contributed by atoms with Crippen LogP contribution in [0.1, 0.15) is 54.4 Å². The second kappa shape index (κ2) is 6.12. The molecule has 0 unspecified atom stereocenters. The highest BCUT2D eigenvalue weighted by molar-refractivity contribution is 6.05. The maximum Gasteiger partial charge on any atom is 0.295 e. The summed E-state index contributed by atoms with van der Waals surface area (Å²) in [5.74, 6) is 0.901. The third kappa shape index (κ3) is 3.15. The van der Waals surface area contributed by atoms with Crippen molar-refractivity contribution in [2.24, 2.45) is 0 Å². The number of nitrogens with zero attached hydrogens (tertiary/aromatic N) is 2. The van der Waals surface area contributed by atoms with Gasteiger partial charge in [0.15, 0.2) is 5.89 Å². The van der Waals surface area contributed by atoms with Gasteiger partial charge in [0, 0.05) is 19.2 Å². The van der Waals surface area contributed by atoms with Gasteiger partial charge in [0.05, 0.1) is 5.69 Å². The first-order valence-corrected chi connectivity index (χ1v) is 7.29. The number of rotatable bonds is 4. The Labute approximate surface area is 125 Å². The summed E-state index contributed by atoms with van der Waals surface area (Å²) in [7, 11) is 0. The molecule has 4 nitrogen and oxygen atoms in total. The molecule has 2 aromatic rings. The van der Waals surface area contributed by atoms with Gasteiger partial charge in [-0.15, -0.1) is 0 Å². The maximum absolute atomic E-state index is 12.8. The quantitative estimate of drug-likeness (QED) is 0.850. The monoisotopic (exact) mass is 286 g/mol. The Hall–Kier alpha value is -2.10. The smallest absolute Gasteiger partial charge is 0.295 e. The zero-order valence-corrected chi connectivity index (χ0v) is 13.3. The van der Waals surface area contributed by atoms with Gasteiger partial charge in [0.2, 0.25) is 5.76 Å². The van der Waals surface area contributed by atoms with Crippen LogP contribution in [0.3, 0.4) is 0 Å². The molecule has 0 N–H and O–H groups in total. The highest BCUT2D eigenvalue weighted by Crippen LogP contribution is 2.24. The van der Waals surface area contributed by atoms with Crippen molar-refractivity contribution in [3.63, 3.8) is 0 Å². The number of hydrogen-bond donors (Lipinski definition) is 0. The first-order valence-electron chi connectivity index (χ1n) is 7.29. The highest BCUT2D eigenvalue weighted by Gasteiger charge is 2.26. The summed E-state index contributed by atoms with van der Waals surface area (Å²) in [5, 5.41) is 0. The van der Waals surface area contributed by atoms with Crippen molar-refractivity contribution in [3.05, 3.63) is 47.2 Å². The summed E-state index contributed by atoms with van der Waals surface area (Å²) in [6.45, 7) is 10.3. The van der Waals surface area contributed by atoms with E-state index < -0.39 is 0 Å². The molecule has 0 saturated heterocycles. The third-order valence-electron chi connectivity index (χ3n) is 3.38. The Morgan fingerprint density at radius 1 is 1.33 bits per heavy atom. The zero-order chi connectivity index (χ0) is 15.6. The summed E-state index contributed by atoms with van der Waals surface area (Å²) in [6, 6.07) is 7.90. The fourth-order valence-corrected chi connectivity index (χ4v) is 2.35. The molecular weight excluding hydrogens is 264 g/mol. The lowest BCUT2D eigenvalue weighted by atomic mass is 10.1. The predicted molar refractivity (Wildman–Crippen MR) is 83.9 cm³/mol. The molecule has 1 heterocycles. The average molecular weight is 286 g/mol. The van der Waals surface area contributed by atoms with E-state index in [0.717, 1.165) is 16.9 Å². The van der Waals surface area contributed by atoms with Crippen LogP contribution in [0.2, 0.25) is 0 Å². The number of anilines is 1. The highest BCUT2D eigenvalue weighted by atomic mass is 16.4. The molecule has 2 rings (SSSR count). The van der Waals surface area contributed by atoms with Crippen LogP contribution in [0.15, 0.2) is 28.7 Å². The van der Waals surface area contributed by atoms with Crippen LogP contribution in [-0.2, 0) is 0 Å². The normalized spacial score (nSPS) is 11.0. The maximum atomic E-state index is 12.8. The van der Waals surface area contributed by atoms with Crippen LogP contribution in [-0.4, -0.2) is 17.4 Å². The number of amides is 1. The van der Waals surface area contributed by atoms with Crippen LogP contribution < -0.4 is 4.90 Å². The van der Waals surface area contributed by atoms with E-state index in [0.29, 0.717) is 18.2 Å². The molecule has 0 aliphatic rings. The summed E-state index contributed by atoms with van der Waals surface area (Å²) < 4.78 is 5.57. The van der Waals surface area contributed by atoms with Crippen molar-refractivity contribution in [3.8, 4) is 0 Å². The van der Waals surface area contributed by atoms with Gasteiger partial charge >= 0.3 is 0 Å². The lowest BCUT2D eigenvalue weighted by Gasteiger charge is -2.21. The summed E-state index contributed by atoms with van der Waals surface area (Å²) in [5.41, 5.74) is 2.73. The molecule has 112 valence electrons. The molecule has 0 aliphatic carbocycles. The van der Waals surface area contributed by atoms with E-state index in [2.05, 4.69) is 4.98 Å². The second-order valence-electron chi connectivity index (χ2n) is 5.49. The van der Waals surface area contributed by atoms with Crippen molar-refractivity contribution in [1.82, 2.24) is 4.98 Å². The topological polar surface area (TPSA) is 46.3 Å². The minimum atomic E-state index is -0.132. The van der Waals surface area contributed by atoms with Gasteiger partial charge < -0.3 is 9.32 Å². The molecule has 1 aromatic heterocycles. The third-order valence-corrected chi connectivity index (χ3v) is 3.38. The lowest BCUT2D eigenvalue weighted by Crippen LogP contribution is -2.31. The molecule has 1 aromatic carbocycles. The predicted octanol–water partition coefficient (Wildman–Crippen LogP) is 4.08. The summed E-state index contributed by atoms with van der Waals surface area (Å²) in [6.07, 6.45) is 0. The van der Waals surface area contributed by atoms with Gasteiger partial charge in [-0.25, -0.2) is 4.98 Å². The SMILES string of the molecule is CCN(C(=O)c1oc(C)nc1C(C)C)c1cccc(C)c1. The number of hydrogen-bond acceptors (Lipinski definition) is 3. The molecule has 0 bridgehead atoms. The molecule has 0 atom stereocenters. The van der Waals surface area contributed by atoms with Crippen LogP contribution >= 0.6 is 0 Å². The standard InChI is InChI=1S/C17H22N2O2/c1-6-19(14-9-7-8-12(4)10-14)17(20)16-15(11(2)3)18-13(5)21-16/h7-11H,6H2,1-5H3. The number of carbonyl (C=O) groups excluding carboxylic acids is 1. The number of oxazole rings is 1. The van der Waals surface area contributed by atoms with E-state index in [1.165, 1.54) is 0 Å². The first-order chi connectivity index (χ1) is 9.93. The van der Waals surface area contributed by atoms with Crippen LogP contribution in [0.4, 0.5) is 5.69 Å². The van der Waals surface area contributed by atoms with Gasteiger partial charge in [-0.3, -0.25) is 4.79 Å². The van der Waals surface area contributed by atoms with Crippen LogP contribution in [0, 0.1) is 13.8 Å². The fourth-order valence-electron chi connectivity index (χ4n) is 2.35. The van der Waals surface area contributed by atoms with Gasteiger partial charge in [0.25, 0.3) is 5.91 Å². The summed E-state index contributed by atoms with van der Waals surface area (Å²) in [4.78, 5) is 18.9. The summed E-state index contributed by atoms with van der Waals surface area (Å²) >= 11 is 0. The lowest BCUT2D eigenvalue weighted by molar-refractivity contribution is 0.0958. The van der Waals surface area contributed by atoms with Crippen molar-refractivity contribution in [2.45, 2.75) is 40.5 Å². The zero-order valence-electron chi connectivity index (χ0n) is 13.3. The molecule has 0 aliphatic heterocycles. The molecule has 0 fully saturated rings. The van der Waals surface area contributed by atoms with E-state index in [-0.39, 0.29) is 11.8 Å². The first kappa shape index (κ1) is 15.3. The number of aromatic nitrogens is 1. The van der Waals surface area contributed by atoms with E-state index in [1.807, 2.05) is 52.0 Å². The van der Waals surface area contributed by atoms with Gasteiger partial charge in [-0.1, -0.05) is 26.0 Å². The van der Waals surface area contributed by atoms with Gasteiger partial charge in [0.1, 0.15) is 0 Å². The van der Waals surface area contributed by atoms with Crippen molar-refractivity contribution in [2.75, 3.05) is 11.4 Å². The Balaban J connectivity index is 2.41. The van der Waals surface area contributed by atoms with Gasteiger partial charge in [-0.2, -0.15) is 0 Å².